The maximum atomic E-state index is 12.6. The maximum absolute atomic E-state index is 12.6. The van der Waals surface area contributed by atoms with Crippen molar-refractivity contribution < 1.29 is 13.2 Å². The highest BCUT2D eigenvalue weighted by atomic mass is 32.2. The molecule has 1 heterocycles. The van der Waals surface area contributed by atoms with E-state index in [1.807, 2.05) is 45.0 Å². The highest BCUT2D eigenvalue weighted by Crippen LogP contribution is 2.24. The third-order valence-electron chi connectivity index (χ3n) is 3.51. The zero-order valence-electron chi connectivity index (χ0n) is 12.9. The van der Waals surface area contributed by atoms with E-state index in [1.54, 1.807) is 0 Å². The number of hydrogen-bond donors (Lipinski definition) is 1. The minimum absolute atomic E-state index is 0.00361. The summed E-state index contributed by atoms with van der Waals surface area (Å²) in [6.45, 7) is 6.94. The molecule has 6 heteroatoms. The summed E-state index contributed by atoms with van der Waals surface area (Å²) in [4.78, 5) is 0. The van der Waals surface area contributed by atoms with Crippen LogP contribution in [0.4, 0.5) is 0 Å². The van der Waals surface area contributed by atoms with E-state index in [0.717, 1.165) is 11.1 Å². The van der Waals surface area contributed by atoms with Crippen molar-refractivity contribution in [1.29, 1.82) is 0 Å². The fourth-order valence-corrected chi connectivity index (χ4v) is 4.48. The average Bonchev–Trinajstić information content (AvgIpc) is 2.36. The molecule has 1 fully saturated rings. The van der Waals surface area contributed by atoms with Crippen molar-refractivity contribution in [2.75, 3.05) is 13.1 Å². The number of nitrogens with two attached hydrogens (primary N) is 1. The Labute approximate surface area is 127 Å². The molecule has 2 N–H and O–H groups in total. The standard InChI is InChI=1S/C15H24N2O3S/c1-12-9-17(11-15(2,3)20-12)21(18,19)10-14-6-4-5-13(7-14)8-16/h4-7,12H,8-11,16H2,1-3H3. The minimum Gasteiger partial charge on any atom is -0.370 e. The summed E-state index contributed by atoms with van der Waals surface area (Å²) in [5.74, 6) is 0.00361. The molecule has 1 unspecified atom stereocenters. The van der Waals surface area contributed by atoms with E-state index in [-0.39, 0.29) is 11.9 Å². The Kier molecular flexibility index (Phi) is 4.72. The first-order valence-electron chi connectivity index (χ1n) is 7.15. The van der Waals surface area contributed by atoms with Gasteiger partial charge in [0.1, 0.15) is 0 Å². The van der Waals surface area contributed by atoms with Gasteiger partial charge in [-0.3, -0.25) is 0 Å². The largest absolute Gasteiger partial charge is 0.370 e. The molecule has 5 nitrogen and oxygen atoms in total. The Morgan fingerprint density at radius 2 is 2.05 bits per heavy atom. The van der Waals surface area contributed by atoms with Crippen molar-refractivity contribution in [3.05, 3.63) is 35.4 Å². The molecule has 0 aliphatic carbocycles. The van der Waals surface area contributed by atoms with Crippen LogP contribution in [0, 0.1) is 0 Å². The van der Waals surface area contributed by atoms with Crippen molar-refractivity contribution in [2.24, 2.45) is 5.73 Å². The Hall–Kier alpha value is -0.950. The summed E-state index contributed by atoms with van der Waals surface area (Å²) in [6.07, 6.45) is -0.0982. The lowest BCUT2D eigenvalue weighted by atomic mass is 10.1. The third-order valence-corrected chi connectivity index (χ3v) is 5.27. The van der Waals surface area contributed by atoms with Crippen LogP contribution in [0.1, 0.15) is 31.9 Å². The maximum Gasteiger partial charge on any atom is 0.218 e. The number of nitrogens with zero attached hydrogens (tertiary/aromatic N) is 1. The van der Waals surface area contributed by atoms with Crippen LogP contribution in [0.15, 0.2) is 24.3 Å². The second kappa shape index (κ2) is 6.04. The van der Waals surface area contributed by atoms with Gasteiger partial charge in [-0.1, -0.05) is 24.3 Å². The molecule has 0 aromatic heterocycles. The minimum atomic E-state index is -3.35. The number of rotatable bonds is 4. The first kappa shape index (κ1) is 16.4. The quantitative estimate of drug-likeness (QED) is 0.914. The number of ether oxygens (including phenoxy) is 1. The predicted molar refractivity (Wildman–Crippen MR) is 83.2 cm³/mol. The summed E-state index contributed by atoms with van der Waals surface area (Å²) in [5, 5.41) is 0. The zero-order valence-corrected chi connectivity index (χ0v) is 13.7. The van der Waals surface area contributed by atoms with E-state index in [2.05, 4.69) is 0 Å². The number of benzene rings is 1. The Bertz CT molecular complexity index is 599. The van der Waals surface area contributed by atoms with E-state index in [1.165, 1.54) is 4.31 Å². The molecule has 0 saturated carbocycles. The summed E-state index contributed by atoms with van der Waals surface area (Å²) >= 11 is 0. The average molecular weight is 312 g/mol. The molecule has 1 aromatic carbocycles. The van der Waals surface area contributed by atoms with Crippen LogP contribution in [-0.2, 0) is 27.1 Å². The molecule has 0 bridgehead atoms. The van der Waals surface area contributed by atoms with Gasteiger partial charge < -0.3 is 10.5 Å². The SMILES string of the molecule is CC1CN(S(=O)(=O)Cc2cccc(CN)c2)CC(C)(C)O1. The van der Waals surface area contributed by atoms with Gasteiger partial charge in [-0.05, 0) is 31.9 Å². The van der Waals surface area contributed by atoms with Gasteiger partial charge in [0.05, 0.1) is 17.5 Å². The molecule has 2 rings (SSSR count). The Balaban J connectivity index is 2.17. The highest BCUT2D eigenvalue weighted by Gasteiger charge is 2.37. The molecule has 0 spiro atoms. The van der Waals surface area contributed by atoms with Gasteiger partial charge in [0, 0.05) is 19.6 Å². The van der Waals surface area contributed by atoms with Crippen LogP contribution in [0.5, 0.6) is 0 Å². The molecule has 1 aliphatic heterocycles. The first-order chi connectivity index (χ1) is 9.72. The van der Waals surface area contributed by atoms with Crippen LogP contribution in [0.25, 0.3) is 0 Å². The fourth-order valence-electron chi connectivity index (χ4n) is 2.76. The van der Waals surface area contributed by atoms with Gasteiger partial charge in [-0.2, -0.15) is 4.31 Å². The lowest BCUT2D eigenvalue weighted by Crippen LogP contribution is -2.53. The topological polar surface area (TPSA) is 72.6 Å². The summed E-state index contributed by atoms with van der Waals surface area (Å²) in [5.41, 5.74) is 6.86. The van der Waals surface area contributed by atoms with Crippen molar-refractivity contribution in [1.82, 2.24) is 4.31 Å². The van der Waals surface area contributed by atoms with Crippen LogP contribution < -0.4 is 5.73 Å². The second-order valence-corrected chi connectivity index (χ2v) is 8.23. The highest BCUT2D eigenvalue weighted by molar-refractivity contribution is 7.88. The number of hydrogen-bond acceptors (Lipinski definition) is 4. The summed E-state index contributed by atoms with van der Waals surface area (Å²) in [7, 11) is -3.35. The van der Waals surface area contributed by atoms with Crippen molar-refractivity contribution in [3.63, 3.8) is 0 Å². The Morgan fingerprint density at radius 1 is 1.38 bits per heavy atom. The van der Waals surface area contributed by atoms with Crippen LogP contribution in [0.2, 0.25) is 0 Å². The van der Waals surface area contributed by atoms with Gasteiger partial charge in [0.25, 0.3) is 0 Å². The van der Waals surface area contributed by atoms with Crippen molar-refractivity contribution >= 4 is 10.0 Å². The van der Waals surface area contributed by atoms with Crippen LogP contribution >= 0.6 is 0 Å². The fraction of sp³-hybridized carbons (Fsp3) is 0.600. The van der Waals surface area contributed by atoms with E-state index < -0.39 is 15.6 Å². The van der Waals surface area contributed by atoms with Gasteiger partial charge in [-0.25, -0.2) is 8.42 Å². The molecule has 1 aromatic rings. The van der Waals surface area contributed by atoms with Crippen LogP contribution in [-0.4, -0.2) is 37.5 Å². The number of sulfonamides is 1. The summed E-state index contributed by atoms with van der Waals surface area (Å²) in [6, 6.07) is 7.42. The summed E-state index contributed by atoms with van der Waals surface area (Å²) < 4.78 is 32.6. The lowest BCUT2D eigenvalue weighted by Gasteiger charge is -2.40. The Morgan fingerprint density at radius 3 is 2.67 bits per heavy atom. The predicted octanol–water partition coefficient (Wildman–Crippen LogP) is 1.47. The smallest absolute Gasteiger partial charge is 0.218 e. The molecular formula is C15H24N2O3S. The van der Waals surface area contributed by atoms with Gasteiger partial charge in [0.2, 0.25) is 10.0 Å². The van der Waals surface area contributed by atoms with Crippen molar-refractivity contribution in [2.45, 2.75) is 44.8 Å². The van der Waals surface area contributed by atoms with E-state index in [0.29, 0.717) is 19.6 Å². The van der Waals surface area contributed by atoms with Crippen molar-refractivity contribution in [3.8, 4) is 0 Å². The molecule has 0 radical (unpaired) electrons. The molecule has 1 atom stereocenters. The number of morpholine rings is 1. The molecule has 21 heavy (non-hydrogen) atoms. The van der Waals surface area contributed by atoms with Gasteiger partial charge in [-0.15, -0.1) is 0 Å². The normalized spacial score (nSPS) is 23.1. The molecular weight excluding hydrogens is 288 g/mol. The molecule has 1 aliphatic rings. The second-order valence-electron chi connectivity index (χ2n) is 6.26. The zero-order chi connectivity index (χ0) is 15.7. The van der Waals surface area contributed by atoms with Gasteiger partial charge in [0.15, 0.2) is 0 Å². The van der Waals surface area contributed by atoms with E-state index >= 15 is 0 Å². The molecule has 1 saturated heterocycles. The van der Waals surface area contributed by atoms with E-state index in [9.17, 15) is 8.42 Å². The van der Waals surface area contributed by atoms with Crippen LogP contribution in [0.3, 0.4) is 0 Å². The molecule has 118 valence electrons. The lowest BCUT2D eigenvalue weighted by molar-refractivity contribution is -0.109. The monoisotopic (exact) mass is 312 g/mol. The third kappa shape index (κ3) is 4.26. The first-order valence-corrected chi connectivity index (χ1v) is 8.76. The van der Waals surface area contributed by atoms with Gasteiger partial charge >= 0.3 is 0 Å². The van der Waals surface area contributed by atoms with E-state index in [4.69, 9.17) is 10.5 Å². The molecule has 0 amide bonds.